The van der Waals surface area contributed by atoms with Crippen LogP contribution in [0.1, 0.15) is 15.9 Å². The van der Waals surface area contributed by atoms with Crippen LogP contribution in [0.3, 0.4) is 0 Å². The van der Waals surface area contributed by atoms with E-state index in [2.05, 4.69) is 15.1 Å². The number of para-hydroxylation sites is 1. The highest BCUT2D eigenvalue weighted by atomic mass is 35.5. The fourth-order valence-electron chi connectivity index (χ4n) is 3.85. The molecular weight excluding hydrogens is 571 g/mol. The minimum Gasteiger partial charge on any atom is -0.456 e. The van der Waals surface area contributed by atoms with Crippen LogP contribution in [0.15, 0.2) is 114 Å². The molecule has 1 heterocycles. The summed E-state index contributed by atoms with van der Waals surface area (Å²) in [6, 6.07) is 26.5. The first-order valence-electron chi connectivity index (χ1n) is 12.0. The van der Waals surface area contributed by atoms with E-state index in [0.29, 0.717) is 16.5 Å². The van der Waals surface area contributed by atoms with Gasteiger partial charge in [0, 0.05) is 24.0 Å². The third-order valence-corrected chi connectivity index (χ3v) is 7.73. The van der Waals surface area contributed by atoms with Crippen LogP contribution < -0.4 is 14.8 Å². The number of nitrogens with one attached hydrogen (secondary N) is 2. The fourth-order valence-corrected chi connectivity index (χ4v) is 5.27. The standard InChI is InChI=1S/C29H22Cl2N4O4S/c30-21-9-14-27(25(18-21)29(36)32-19-20-5-3-6-22(17-20)35-16-4-15-33-35)34-40(37,38)24-12-10-23(11-13-24)39-28-8-2-1-7-26(28)31/h1-18,34H,19H2,(H,32,36). The molecule has 0 aliphatic rings. The lowest BCUT2D eigenvalue weighted by atomic mass is 10.1. The summed E-state index contributed by atoms with van der Waals surface area (Å²) in [6.45, 7) is 0.208. The molecule has 2 N–H and O–H groups in total. The molecule has 0 radical (unpaired) electrons. The van der Waals surface area contributed by atoms with Crippen molar-refractivity contribution in [3.8, 4) is 17.2 Å². The van der Waals surface area contributed by atoms with Crippen molar-refractivity contribution in [2.75, 3.05) is 4.72 Å². The van der Waals surface area contributed by atoms with Gasteiger partial charge in [-0.05, 0) is 78.4 Å². The van der Waals surface area contributed by atoms with Gasteiger partial charge in [-0.3, -0.25) is 9.52 Å². The largest absolute Gasteiger partial charge is 0.456 e. The smallest absolute Gasteiger partial charge is 0.261 e. The van der Waals surface area contributed by atoms with E-state index in [1.54, 1.807) is 35.1 Å². The van der Waals surface area contributed by atoms with Gasteiger partial charge in [0.1, 0.15) is 11.5 Å². The second kappa shape index (κ2) is 11.8. The second-order valence-electron chi connectivity index (χ2n) is 8.60. The minimum absolute atomic E-state index is 0.0178. The molecule has 202 valence electrons. The van der Waals surface area contributed by atoms with Crippen LogP contribution in [-0.2, 0) is 16.6 Å². The topological polar surface area (TPSA) is 102 Å². The van der Waals surface area contributed by atoms with E-state index in [0.717, 1.165) is 11.3 Å². The van der Waals surface area contributed by atoms with Crippen molar-refractivity contribution in [2.24, 2.45) is 0 Å². The number of amides is 1. The summed E-state index contributed by atoms with van der Waals surface area (Å²) in [6.07, 6.45) is 3.50. The van der Waals surface area contributed by atoms with Gasteiger partial charge in [-0.2, -0.15) is 5.10 Å². The maximum Gasteiger partial charge on any atom is 0.261 e. The van der Waals surface area contributed by atoms with Crippen molar-refractivity contribution in [2.45, 2.75) is 11.4 Å². The van der Waals surface area contributed by atoms with Gasteiger partial charge in [0.15, 0.2) is 0 Å². The highest BCUT2D eigenvalue weighted by molar-refractivity contribution is 7.92. The number of carbonyl (C=O) groups is 1. The molecule has 0 saturated carbocycles. The van der Waals surface area contributed by atoms with Crippen molar-refractivity contribution >= 4 is 44.8 Å². The summed E-state index contributed by atoms with van der Waals surface area (Å²) in [5.74, 6) is 0.367. The van der Waals surface area contributed by atoms with E-state index in [1.165, 1.54) is 42.5 Å². The zero-order valence-electron chi connectivity index (χ0n) is 20.8. The van der Waals surface area contributed by atoms with Gasteiger partial charge in [0.25, 0.3) is 15.9 Å². The first-order chi connectivity index (χ1) is 19.3. The molecule has 5 aromatic rings. The maximum absolute atomic E-state index is 13.2. The first kappa shape index (κ1) is 27.3. The predicted octanol–water partition coefficient (Wildman–Crippen LogP) is 6.70. The monoisotopic (exact) mass is 592 g/mol. The lowest BCUT2D eigenvalue weighted by molar-refractivity contribution is 0.0952. The number of anilines is 1. The van der Waals surface area contributed by atoms with Crippen molar-refractivity contribution in [3.05, 3.63) is 131 Å². The number of rotatable bonds is 9. The zero-order valence-corrected chi connectivity index (χ0v) is 23.1. The van der Waals surface area contributed by atoms with Crippen molar-refractivity contribution < 1.29 is 17.9 Å². The Hall–Kier alpha value is -4.31. The lowest BCUT2D eigenvalue weighted by Gasteiger charge is -2.14. The Morgan fingerprint density at radius 3 is 2.45 bits per heavy atom. The molecule has 0 bridgehead atoms. The summed E-state index contributed by atoms with van der Waals surface area (Å²) in [4.78, 5) is 13.1. The number of carbonyl (C=O) groups excluding carboxylic acids is 1. The van der Waals surface area contributed by atoms with E-state index >= 15 is 0 Å². The molecular formula is C29H22Cl2N4O4S. The summed E-state index contributed by atoms with van der Waals surface area (Å²) in [5.41, 5.74) is 1.85. The molecule has 1 amide bonds. The highest BCUT2D eigenvalue weighted by Gasteiger charge is 2.20. The van der Waals surface area contributed by atoms with E-state index < -0.39 is 15.9 Å². The molecule has 0 spiro atoms. The van der Waals surface area contributed by atoms with E-state index in [9.17, 15) is 13.2 Å². The highest BCUT2D eigenvalue weighted by Crippen LogP contribution is 2.30. The Balaban J connectivity index is 1.30. The van der Waals surface area contributed by atoms with Crippen molar-refractivity contribution in [1.82, 2.24) is 15.1 Å². The number of benzene rings is 4. The number of aromatic nitrogens is 2. The molecule has 8 nitrogen and oxygen atoms in total. The van der Waals surface area contributed by atoms with Crippen LogP contribution in [0.2, 0.25) is 10.0 Å². The van der Waals surface area contributed by atoms with Crippen molar-refractivity contribution in [1.29, 1.82) is 0 Å². The predicted molar refractivity (Wildman–Crippen MR) is 155 cm³/mol. The second-order valence-corrected chi connectivity index (χ2v) is 11.1. The van der Waals surface area contributed by atoms with Gasteiger partial charge in [-0.25, -0.2) is 13.1 Å². The molecule has 0 atom stereocenters. The van der Waals surface area contributed by atoms with Gasteiger partial charge in [-0.1, -0.05) is 47.5 Å². The summed E-state index contributed by atoms with van der Waals surface area (Å²) in [5, 5.41) is 7.76. The van der Waals surface area contributed by atoms with Crippen LogP contribution in [0.5, 0.6) is 11.5 Å². The minimum atomic E-state index is -4.04. The average Bonchev–Trinajstić information content (AvgIpc) is 3.50. The molecule has 0 aliphatic carbocycles. The SMILES string of the molecule is O=C(NCc1cccc(-n2cccn2)c1)c1cc(Cl)ccc1NS(=O)(=O)c1ccc(Oc2ccccc2Cl)cc1. The molecule has 4 aromatic carbocycles. The third kappa shape index (κ3) is 6.45. The average molecular weight is 593 g/mol. The number of ether oxygens (including phenoxy) is 1. The Morgan fingerprint density at radius 1 is 0.900 bits per heavy atom. The van der Waals surface area contributed by atoms with E-state index in [4.69, 9.17) is 27.9 Å². The molecule has 40 heavy (non-hydrogen) atoms. The Labute approximate surface area is 241 Å². The van der Waals surface area contributed by atoms with Crippen molar-refractivity contribution in [3.63, 3.8) is 0 Å². The first-order valence-corrected chi connectivity index (χ1v) is 14.2. The number of sulfonamides is 1. The quantitative estimate of drug-likeness (QED) is 0.198. The lowest BCUT2D eigenvalue weighted by Crippen LogP contribution is -2.25. The van der Waals surface area contributed by atoms with Crippen LogP contribution in [-0.4, -0.2) is 24.1 Å². The number of hydrogen-bond donors (Lipinski definition) is 2. The summed E-state index contributed by atoms with van der Waals surface area (Å²) >= 11 is 12.3. The molecule has 0 aliphatic heterocycles. The van der Waals surface area contributed by atoms with Gasteiger partial charge in [-0.15, -0.1) is 0 Å². The third-order valence-electron chi connectivity index (χ3n) is 5.80. The zero-order chi connectivity index (χ0) is 28.1. The van der Waals surface area contributed by atoms with E-state index in [1.807, 2.05) is 36.5 Å². The number of nitrogens with zero attached hydrogens (tertiary/aromatic N) is 2. The van der Waals surface area contributed by atoms with Gasteiger partial charge in [0.2, 0.25) is 0 Å². The molecule has 1 aromatic heterocycles. The van der Waals surface area contributed by atoms with Crippen LogP contribution in [0.4, 0.5) is 5.69 Å². The molecule has 5 rings (SSSR count). The molecule has 0 saturated heterocycles. The molecule has 11 heteroatoms. The van der Waals surface area contributed by atoms with Gasteiger partial charge in [0.05, 0.1) is 26.9 Å². The van der Waals surface area contributed by atoms with E-state index in [-0.39, 0.29) is 27.7 Å². The Kier molecular flexibility index (Phi) is 8.06. The number of hydrogen-bond acceptors (Lipinski definition) is 5. The van der Waals surface area contributed by atoms with Crippen LogP contribution >= 0.6 is 23.2 Å². The number of halogens is 2. The normalized spacial score (nSPS) is 11.2. The fraction of sp³-hybridized carbons (Fsp3) is 0.0345. The Morgan fingerprint density at radius 2 is 1.70 bits per heavy atom. The summed E-state index contributed by atoms with van der Waals surface area (Å²) < 4.78 is 36.3. The van der Waals surface area contributed by atoms with Crippen LogP contribution in [0.25, 0.3) is 5.69 Å². The Bertz CT molecular complexity index is 1760. The van der Waals surface area contributed by atoms with Gasteiger partial charge >= 0.3 is 0 Å². The molecule has 0 unspecified atom stereocenters. The van der Waals surface area contributed by atoms with Crippen LogP contribution in [0, 0.1) is 0 Å². The molecule has 0 fully saturated rings. The maximum atomic E-state index is 13.2. The summed E-state index contributed by atoms with van der Waals surface area (Å²) in [7, 11) is -4.04. The van der Waals surface area contributed by atoms with Gasteiger partial charge < -0.3 is 10.1 Å².